The Hall–Kier alpha value is -3.84. The van der Waals surface area contributed by atoms with E-state index < -0.39 is 5.97 Å². The van der Waals surface area contributed by atoms with Crippen LogP contribution in [-0.2, 0) is 11.3 Å². The number of ether oxygens (including phenoxy) is 1. The Bertz CT molecular complexity index is 1470. The Morgan fingerprint density at radius 1 is 1.00 bits per heavy atom. The van der Waals surface area contributed by atoms with Crippen molar-refractivity contribution in [1.82, 2.24) is 4.98 Å². The van der Waals surface area contributed by atoms with Crippen molar-refractivity contribution in [3.8, 4) is 11.5 Å². The summed E-state index contributed by atoms with van der Waals surface area (Å²) in [5.74, 6) is 0.551. The highest BCUT2D eigenvalue weighted by molar-refractivity contribution is 7.99. The second-order valence-corrected chi connectivity index (χ2v) is 9.59. The molecule has 0 aliphatic carbocycles. The van der Waals surface area contributed by atoms with Crippen LogP contribution in [-0.4, -0.2) is 24.0 Å². The van der Waals surface area contributed by atoms with Gasteiger partial charge in [-0.2, -0.15) is 0 Å². The molecule has 2 heterocycles. The fourth-order valence-electron chi connectivity index (χ4n) is 4.13. The molecule has 1 aliphatic heterocycles. The van der Waals surface area contributed by atoms with Crippen LogP contribution in [0.2, 0.25) is 0 Å². The Labute approximate surface area is 207 Å². The van der Waals surface area contributed by atoms with Gasteiger partial charge < -0.3 is 14.1 Å². The molecule has 3 aromatic carbocycles. The number of aryl methyl sites for hydroxylation is 3. The van der Waals surface area contributed by atoms with Gasteiger partial charge in [-0.25, -0.2) is 9.78 Å². The first-order valence-electron chi connectivity index (χ1n) is 11.2. The summed E-state index contributed by atoms with van der Waals surface area (Å²) in [5.41, 5.74) is 5.38. The number of oxazole rings is 1. The lowest BCUT2D eigenvalue weighted by atomic mass is 10.1. The summed E-state index contributed by atoms with van der Waals surface area (Å²) in [5, 5.41) is 0. The Kier molecular flexibility index (Phi) is 5.94. The predicted octanol–water partition coefficient (Wildman–Crippen LogP) is 6.37. The van der Waals surface area contributed by atoms with Gasteiger partial charge in [-0.3, -0.25) is 4.79 Å². The Balaban J connectivity index is 1.61. The lowest BCUT2D eigenvalue weighted by Crippen LogP contribution is -2.31. The van der Waals surface area contributed by atoms with E-state index in [1.165, 1.54) is 18.9 Å². The van der Waals surface area contributed by atoms with Gasteiger partial charge in [0.15, 0.2) is 0 Å². The first-order chi connectivity index (χ1) is 16.9. The molecule has 35 heavy (non-hydrogen) atoms. The van der Waals surface area contributed by atoms with E-state index in [2.05, 4.69) is 6.07 Å². The van der Waals surface area contributed by atoms with Gasteiger partial charge in [0.05, 0.1) is 30.5 Å². The molecule has 0 fully saturated rings. The van der Waals surface area contributed by atoms with Crippen molar-refractivity contribution < 1.29 is 18.7 Å². The zero-order valence-electron chi connectivity index (χ0n) is 19.9. The average Bonchev–Trinajstić information content (AvgIpc) is 3.18. The summed E-state index contributed by atoms with van der Waals surface area (Å²) in [6.45, 7) is 6.10. The lowest BCUT2D eigenvalue weighted by Gasteiger charge is -2.22. The normalized spacial score (nSPS) is 12.7. The third-order valence-corrected chi connectivity index (χ3v) is 7.22. The van der Waals surface area contributed by atoms with E-state index in [1.54, 1.807) is 17.0 Å². The number of carbonyl (C=O) groups excluding carboxylic acids is 2. The number of methoxy groups -OCH3 is 1. The summed E-state index contributed by atoms with van der Waals surface area (Å²) in [7, 11) is 1.34. The van der Waals surface area contributed by atoms with Gasteiger partial charge in [0.2, 0.25) is 5.89 Å². The number of amides is 1. The quantitative estimate of drug-likeness (QED) is 0.314. The van der Waals surface area contributed by atoms with Crippen LogP contribution in [0.3, 0.4) is 0 Å². The number of hydrogen-bond donors (Lipinski definition) is 0. The van der Waals surface area contributed by atoms with Crippen molar-refractivity contribution in [1.29, 1.82) is 0 Å². The molecule has 0 atom stereocenters. The first-order valence-corrected chi connectivity index (χ1v) is 12.0. The van der Waals surface area contributed by atoms with Gasteiger partial charge in [-0.1, -0.05) is 41.6 Å². The number of anilines is 1. The molecule has 0 radical (unpaired) electrons. The average molecular weight is 485 g/mol. The highest BCUT2D eigenvalue weighted by Gasteiger charge is 2.30. The summed E-state index contributed by atoms with van der Waals surface area (Å²) in [6, 6.07) is 18.9. The van der Waals surface area contributed by atoms with Crippen LogP contribution in [0.1, 0.15) is 43.3 Å². The minimum Gasteiger partial charge on any atom is -0.465 e. The fraction of sp³-hybridized carbons (Fsp3) is 0.179. The Morgan fingerprint density at radius 3 is 2.60 bits per heavy atom. The first kappa shape index (κ1) is 22.9. The maximum Gasteiger partial charge on any atom is 0.337 e. The number of nitrogens with zero attached hydrogens (tertiary/aromatic N) is 2. The molecule has 1 amide bonds. The molecule has 176 valence electrons. The molecule has 0 N–H and O–H groups in total. The van der Waals surface area contributed by atoms with E-state index in [0.717, 1.165) is 26.5 Å². The number of benzene rings is 3. The monoisotopic (exact) mass is 484 g/mol. The smallest absolute Gasteiger partial charge is 0.337 e. The van der Waals surface area contributed by atoms with E-state index in [4.69, 9.17) is 14.1 Å². The highest BCUT2D eigenvalue weighted by Crippen LogP contribution is 2.42. The van der Waals surface area contributed by atoms with Crippen LogP contribution >= 0.6 is 11.8 Å². The zero-order valence-corrected chi connectivity index (χ0v) is 20.7. The lowest BCUT2D eigenvalue weighted by molar-refractivity contribution is 0.0600. The minimum atomic E-state index is -0.457. The standard InChI is InChI=1S/C28H24N2O4S/c1-16-9-10-17(2)21(13-16)26-29-22(18(3)34-26)15-30-23-14-19(28(32)33-4)11-12-25(23)35-24-8-6-5-7-20(24)27(30)31/h5-14H,15H2,1-4H3. The zero-order chi connectivity index (χ0) is 24.7. The number of esters is 1. The number of fused-ring (bicyclic) bond motifs is 2. The van der Waals surface area contributed by atoms with Crippen molar-refractivity contribution in [2.75, 3.05) is 12.0 Å². The minimum absolute atomic E-state index is 0.162. The topological polar surface area (TPSA) is 72.6 Å². The third-order valence-electron chi connectivity index (χ3n) is 6.08. The summed E-state index contributed by atoms with van der Waals surface area (Å²) < 4.78 is 11.0. The molecule has 0 unspecified atom stereocenters. The summed E-state index contributed by atoms with van der Waals surface area (Å²) in [6.07, 6.45) is 0. The molecule has 0 saturated heterocycles. The molecule has 0 spiro atoms. The van der Waals surface area contributed by atoms with Crippen molar-refractivity contribution in [2.24, 2.45) is 0 Å². The van der Waals surface area contributed by atoms with Gasteiger partial charge in [0.25, 0.3) is 5.91 Å². The maximum atomic E-state index is 13.8. The van der Waals surface area contributed by atoms with Crippen molar-refractivity contribution in [3.05, 3.63) is 94.4 Å². The van der Waals surface area contributed by atoms with Crippen LogP contribution in [0.15, 0.2) is 74.9 Å². The van der Waals surface area contributed by atoms with Crippen LogP contribution in [0.5, 0.6) is 0 Å². The van der Waals surface area contributed by atoms with E-state index in [1.807, 2.05) is 63.2 Å². The predicted molar refractivity (Wildman–Crippen MR) is 135 cm³/mol. The van der Waals surface area contributed by atoms with E-state index >= 15 is 0 Å². The van der Waals surface area contributed by atoms with Gasteiger partial charge >= 0.3 is 5.97 Å². The molecule has 6 nitrogen and oxygen atoms in total. The molecule has 1 aliphatic rings. The molecule has 5 rings (SSSR count). The Morgan fingerprint density at radius 2 is 1.80 bits per heavy atom. The summed E-state index contributed by atoms with van der Waals surface area (Å²) >= 11 is 1.50. The largest absolute Gasteiger partial charge is 0.465 e. The molecule has 0 saturated carbocycles. The third kappa shape index (κ3) is 4.23. The van der Waals surface area contributed by atoms with E-state index in [-0.39, 0.29) is 12.5 Å². The number of rotatable bonds is 4. The van der Waals surface area contributed by atoms with E-state index in [0.29, 0.717) is 34.2 Å². The van der Waals surface area contributed by atoms with Crippen LogP contribution in [0.25, 0.3) is 11.5 Å². The molecule has 4 aromatic rings. The van der Waals surface area contributed by atoms with Gasteiger partial charge in [-0.05, 0) is 62.7 Å². The van der Waals surface area contributed by atoms with Crippen molar-refractivity contribution >= 4 is 29.3 Å². The number of hydrogen-bond acceptors (Lipinski definition) is 6. The van der Waals surface area contributed by atoms with Crippen molar-refractivity contribution in [2.45, 2.75) is 37.1 Å². The van der Waals surface area contributed by atoms with Crippen molar-refractivity contribution in [3.63, 3.8) is 0 Å². The van der Waals surface area contributed by atoms with Gasteiger partial charge in [-0.15, -0.1) is 0 Å². The van der Waals surface area contributed by atoms with Gasteiger partial charge in [0.1, 0.15) is 11.5 Å². The maximum absolute atomic E-state index is 13.8. The second kappa shape index (κ2) is 9.07. The van der Waals surface area contributed by atoms with Crippen LogP contribution in [0, 0.1) is 20.8 Å². The number of carbonyl (C=O) groups is 2. The SMILES string of the molecule is COC(=O)c1ccc2c(c1)N(Cc1nc(-c3cc(C)ccc3C)oc1C)C(=O)c1ccccc1S2. The molecule has 1 aromatic heterocycles. The fourth-order valence-corrected chi connectivity index (χ4v) is 5.19. The highest BCUT2D eigenvalue weighted by atomic mass is 32.2. The van der Waals surface area contributed by atoms with Crippen LogP contribution < -0.4 is 4.90 Å². The molecule has 0 bridgehead atoms. The number of aromatic nitrogens is 1. The molecule has 7 heteroatoms. The molecular weight excluding hydrogens is 460 g/mol. The summed E-state index contributed by atoms with van der Waals surface area (Å²) in [4.78, 5) is 34.2. The van der Waals surface area contributed by atoms with E-state index in [9.17, 15) is 9.59 Å². The van der Waals surface area contributed by atoms with Crippen LogP contribution in [0.4, 0.5) is 5.69 Å². The van der Waals surface area contributed by atoms with Gasteiger partial charge in [0, 0.05) is 15.4 Å². The second-order valence-electron chi connectivity index (χ2n) is 8.50. The molecular formula is C28H24N2O4S.